The summed E-state index contributed by atoms with van der Waals surface area (Å²) in [4.78, 5) is 42.9. The van der Waals surface area contributed by atoms with Crippen LogP contribution in [0.4, 0.5) is 5.69 Å². The summed E-state index contributed by atoms with van der Waals surface area (Å²) in [7, 11) is 1.41. The molecular formula is C26H23ClN6O5S. The van der Waals surface area contributed by atoms with E-state index < -0.39 is 5.41 Å². The number of aromatic nitrogens is 4. The molecule has 3 fully saturated rings. The first-order valence-electron chi connectivity index (χ1n) is 12.5. The van der Waals surface area contributed by atoms with E-state index in [1.807, 2.05) is 19.1 Å². The van der Waals surface area contributed by atoms with Gasteiger partial charge in [0.2, 0.25) is 17.0 Å². The number of benzene rings is 1. The molecule has 2 bridgehead atoms. The van der Waals surface area contributed by atoms with Crippen molar-refractivity contribution in [3.63, 3.8) is 0 Å². The van der Waals surface area contributed by atoms with Gasteiger partial charge in [-0.1, -0.05) is 0 Å². The molecule has 11 nitrogen and oxygen atoms in total. The molecule has 0 spiro atoms. The molecule has 39 heavy (non-hydrogen) atoms. The van der Waals surface area contributed by atoms with Gasteiger partial charge in [0.25, 0.3) is 5.91 Å². The predicted octanol–water partition coefficient (Wildman–Crippen LogP) is 4.24. The van der Waals surface area contributed by atoms with Gasteiger partial charge in [0.15, 0.2) is 0 Å². The molecule has 1 aliphatic heterocycles. The van der Waals surface area contributed by atoms with Crippen LogP contribution in [0.5, 0.6) is 11.8 Å². The number of ether oxygens (including phenoxy) is 3. The van der Waals surface area contributed by atoms with E-state index >= 15 is 0 Å². The van der Waals surface area contributed by atoms with Crippen LogP contribution >= 0.6 is 22.9 Å². The summed E-state index contributed by atoms with van der Waals surface area (Å²) in [5, 5.41) is 7.27. The second-order valence-electron chi connectivity index (χ2n) is 10.4. The number of amides is 1. The fraction of sp³-hybridized carbons (Fsp3) is 0.385. The molecule has 200 valence electrons. The zero-order valence-electron chi connectivity index (χ0n) is 21.0. The number of carbonyl (C=O) groups excluding carboxylic acids is 2. The minimum atomic E-state index is -0.394. The fourth-order valence-electron chi connectivity index (χ4n) is 5.79. The third-order valence-electron chi connectivity index (χ3n) is 7.64. The highest BCUT2D eigenvalue weighted by Crippen LogP contribution is 2.69. The van der Waals surface area contributed by atoms with Crippen molar-refractivity contribution >= 4 is 61.6 Å². The molecular weight excluding hydrogens is 544 g/mol. The Morgan fingerprint density at radius 3 is 2.82 bits per heavy atom. The normalized spacial score (nSPS) is 25.1. The Kier molecular flexibility index (Phi) is 5.45. The molecule has 3 aliphatic carbocycles. The van der Waals surface area contributed by atoms with Gasteiger partial charge in [-0.15, -0.1) is 11.3 Å². The SMILES string of the molecule is COC(=O)C12CC(OCc3cnc(Cl)nc3Oc3cnc4c(ccc5sc6c(c54)NC[C@@H](C)NC6=O)n3)(C1)C2. The summed E-state index contributed by atoms with van der Waals surface area (Å²) >= 11 is 7.49. The van der Waals surface area contributed by atoms with Crippen molar-refractivity contribution in [1.82, 2.24) is 25.3 Å². The number of thiophene rings is 1. The lowest BCUT2D eigenvalue weighted by Gasteiger charge is -2.67. The highest BCUT2D eigenvalue weighted by Gasteiger charge is 2.73. The van der Waals surface area contributed by atoms with Crippen LogP contribution in [-0.4, -0.2) is 57.1 Å². The number of nitrogens with one attached hydrogen (secondary N) is 2. The van der Waals surface area contributed by atoms with Crippen LogP contribution in [0, 0.1) is 5.41 Å². The van der Waals surface area contributed by atoms with Crippen molar-refractivity contribution in [3.05, 3.63) is 40.3 Å². The number of methoxy groups -OCH3 is 1. The van der Waals surface area contributed by atoms with Crippen molar-refractivity contribution in [1.29, 1.82) is 0 Å². The summed E-state index contributed by atoms with van der Waals surface area (Å²) in [6, 6.07) is 3.79. The number of carbonyl (C=O) groups is 2. The minimum absolute atomic E-state index is 0.00894. The molecule has 4 aromatic rings. The quantitative estimate of drug-likeness (QED) is 0.257. The molecule has 8 rings (SSSR count). The first kappa shape index (κ1) is 24.4. The third kappa shape index (κ3) is 3.88. The van der Waals surface area contributed by atoms with Gasteiger partial charge >= 0.3 is 5.97 Å². The molecule has 0 unspecified atom stereocenters. The van der Waals surface area contributed by atoms with Crippen LogP contribution < -0.4 is 15.4 Å². The van der Waals surface area contributed by atoms with Gasteiger partial charge in [-0.05, 0) is 49.9 Å². The van der Waals surface area contributed by atoms with E-state index in [-0.39, 0.29) is 47.2 Å². The number of esters is 1. The zero-order valence-corrected chi connectivity index (χ0v) is 22.6. The van der Waals surface area contributed by atoms with E-state index in [2.05, 4.69) is 30.6 Å². The van der Waals surface area contributed by atoms with Crippen LogP contribution in [0.2, 0.25) is 5.28 Å². The van der Waals surface area contributed by atoms with Crippen LogP contribution in [0.25, 0.3) is 21.1 Å². The highest BCUT2D eigenvalue weighted by atomic mass is 35.5. The van der Waals surface area contributed by atoms with Crippen molar-refractivity contribution in [3.8, 4) is 11.8 Å². The zero-order chi connectivity index (χ0) is 26.9. The molecule has 2 N–H and O–H groups in total. The molecule has 13 heteroatoms. The number of nitrogens with zero attached hydrogens (tertiary/aromatic N) is 4. The van der Waals surface area contributed by atoms with E-state index in [0.717, 1.165) is 15.8 Å². The van der Waals surface area contributed by atoms with Crippen molar-refractivity contribution in [2.45, 2.75) is 44.4 Å². The van der Waals surface area contributed by atoms with Gasteiger partial charge in [0.1, 0.15) is 4.88 Å². The van der Waals surface area contributed by atoms with Gasteiger partial charge in [0, 0.05) is 28.9 Å². The lowest BCUT2D eigenvalue weighted by atomic mass is 9.41. The molecule has 1 aromatic carbocycles. The number of anilines is 1. The Hall–Kier alpha value is -3.61. The van der Waals surface area contributed by atoms with E-state index in [1.54, 1.807) is 6.20 Å². The lowest BCUT2D eigenvalue weighted by molar-refractivity contribution is -0.287. The maximum Gasteiger partial charge on any atom is 0.312 e. The summed E-state index contributed by atoms with van der Waals surface area (Å²) in [6.07, 6.45) is 5.01. The molecule has 1 atom stereocenters. The third-order valence-corrected chi connectivity index (χ3v) is 8.98. The summed E-state index contributed by atoms with van der Waals surface area (Å²) in [5.74, 6) is 0.176. The Morgan fingerprint density at radius 1 is 1.21 bits per heavy atom. The van der Waals surface area contributed by atoms with Crippen LogP contribution in [0.3, 0.4) is 0 Å². The number of hydrogen-bond donors (Lipinski definition) is 2. The Morgan fingerprint density at radius 2 is 2.03 bits per heavy atom. The van der Waals surface area contributed by atoms with Gasteiger partial charge in [-0.3, -0.25) is 9.59 Å². The number of rotatable bonds is 6. The average Bonchev–Trinajstić information content (AvgIpc) is 3.19. The summed E-state index contributed by atoms with van der Waals surface area (Å²) < 4.78 is 18.0. The standard InChI is InChI=1S/C26H23ClN6O5S/c1-12-5-28-19-17-15(39-20(19)21(34)31-12)4-3-14-18(17)29-7-16(32-14)38-22-13(6-30-24(27)33-22)8-37-26-9-25(10-26,11-26)23(35)36-2/h3-4,6-7,12,28H,5,8-11H2,1-2H3,(H,31,34)/t12-,25?,26?/m1/s1. The number of hydrogen-bond acceptors (Lipinski definition) is 11. The van der Waals surface area contributed by atoms with Crippen LogP contribution in [0.15, 0.2) is 24.5 Å². The molecule has 4 aliphatic rings. The van der Waals surface area contributed by atoms with Gasteiger partial charge in [-0.25, -0.2) is 15.0 Å². The van der Waals surface area contributed by atoms with E-state index in [0.29, 0.717) is 47.3 Å². The van der Waals surface area contributed by atoms with Gasteiger partial charge in [0.05, 0.1) is 53.2 Å². The van der Waals surface area contributed by atoms with Gasteiger partial charge in [-0.2, -0.15) is 4.98 Å². The Balaban J connectivity index is 1.15. The van der Waals surface area contributed by atoms with Crippen molar-refractivity contribution in [2.75, 3.05) is 19.0 Å². The summed E-state index contributed by atoms with van der Waals surface area (Å²) in [6.45, 7) is 2.76. The lowest BCUT2D eigenvalue weighted by Crippen LogP contribution is -2.71. The molecule has 3 saturated carbocycles. The highest BCUT2D eigenvalue weighted by molar-refractivity contribution is 7.21. The number of halogens is 1. The second kappa shape index (κ2) is 8.70. The molecule has 1 amide bonds. The topological polar surface area (TPSA) is 137 Å². The molecule has 3 aromatic heterocycles. The van der Waals surface area contributed by atoms with Crippen LogP contribution in [0.1, 0.15) is 41.4 Å². The van der Waals surface area contributed by atoms with Gasteiger partial charge < -0.3 is 24.8 Å². The van der Waals surface area contributed by atoms with Crippen molar-refractivity contribution in [2.24, 2.45) is 5.41 Å². The molecule has 4 heterocycles. The van der Waals surface area contributed by atoms with Crippen LogP contribution in [-0.2, 0) is 20.9 Å². The largest absolute Gasteiger partial charge is 0.469 e. The molecule has 0 saturated heterocycles. The van der Waals surface area contributed by atoms with E-state index in [9.17, 15) is 9.59 Å². The maximum atomic E-state index is 12.7. The summed E-state index contributed by atoms with van der Waals surface area (Å²) in [5.41, 5.74) is 1.92. The smallest absolute Gasteiger partial charge is 0.312 e. The monoisotopic (exact) mass is 566 g/mol. The first-order chi connectivity index (χ1) is 18.8. The van der Waals surface area contributed by atoms with Crippen molar-refractivity contribution < 1.29 is 23.8 Å². The molecule has 0 radical (unpaired) electrons. The fourth-order valence-corrected chi connectivity index (χ4v) is 7.00. The Bertz CT molecular complexity index is 1670. The predicted molar refractivity (Wildman–Crippen MR) is 143 cm³/mol. The average molecular weight is 567 g/mol. The Labute approximate surface area is 231 Å². The maximum absolute atomic E-state index is 12.7. The van der Waals surface area contributed by atoms with E-state index in [1.165, 1.54) is 24.6 Å². The van der Waals surface area contributed by atoms with E-state index in [4.69, 9.17) is 25.8 Å². The number of fused-ring (bicyclic) bond motifs is 5. The second-order valence-corrected chi connectivity index (χ2v) is 11.8. The minimum Gasteiger partial charge on any atom is -0.469 e. The first-order valence-corrected chi connectivity index (χ1v) is 13.7.